The van der Waals surface area contributed by atoms with Crippen LogP contribution >= 0.6 is 0 Å². The molecule has 0 saturated heterocycles. The van der Waals surface area contributed by atoms with Crippen molar-refractivity contribution in [2.24, 2.45) is 5.73 Å². The molecular weight excluding hydrogens is 202 g/mol. The number of benzene rings is 1. The molecule has 4 nitrogen and oxygen atoms in total. The molecule has 0 atom stereocenters. The highest BCUT2D eigenvalue weighted by Crippen LogP contribution is 2.13. The van der Waals surface area contributed by atoms with Crippen molar-refractivity contribution < 1.29 is 4.74 Å². The molecule has 16 heavy (non-hydrogen) atoms. The Morgan fingerprint density at radius 1 is 1.44 bits per heavy atom. The molecule has 0 aliphatic heterocycles. The minimum atomic E-state index is 0.477. The van der Waals surface area contributed by atoms with Gasteiger partial charge in [0.05, 0.1) is 19.1 Å². The molecule has 0 aliphatic carbocycles. The van der Waals surface area contributed by atoms with Gasteiger partial charge in [-0.2, -0.15) is 0 Å². The first-order valence-electron chi connectivity index (χ1n) is 5.15. The maximum Gasteiger partial charge on any atom is 0.119 e. The molecule has 0 spiro atoms. The molecule has 2 N–H and O–H groups in total. The van der Waals surface area contributed by atoms with Crippen LogP contribution in [-0.2, 0) is 13.1 Å². The maximum atomic E-state index is 5.51. The van der Waals surface area contributed by atoms with Crippen LogP contribution < -0.4 is 10.5 Å². The lowest BCUT2D eigenvalue weighted by atomic mass is 10.2. The second-order valence-corrected chi connectivity index (χ2v) is 3.59. The number of imidazole rings is 1. The minimum Gasteiger partial charge on any atom is -0.497 e. The van der Waals surface area contributed by atoms with E-state index in [4.69, 9.17) is 10.5 Å². The van der Waals surface area contributed by atoms with Gasteiger partial charge in [-0.25, -0.2) is 4.98 Å². The van der Waals surface area contributed by atoms with Crippen molar-refractivity contribution in [3.63, 3.8) is 0 Å². The van der Waals surface area contributed by atoms with E-state index in [1.54, 1.807) is 13.4 Å². The summed E-state index contributed by atoms with van der Waals surface area (Å²) in [6.45, 7) is 1.26. The summed E-state index contributed by atoms with van der Waals surface area (Å²) in [7, 11) is 1.67. The van der Waals surface area contributed by atoms with Crippen molar-refractivity contribution in [3.05, 3.63) is 48.0 Å². The highest BCUT2D eigenvalue weighted by atomic mass is 16.5. The molecule has 0 amide bonds. The van der Waals surface area contributed by atoms with Gasteiger partial charge in [-0.05, 0) is 17.7 Å². The molecular formula is C12H15N3O. The standard InChI is InChI=1S/C12H15N3O/c1-16-12-4-2-3-10(5-12)7-15-8-11(6-13)14-9-15/h2-5,8-9H,6-7,13H2,1H3. The quantitative estimate of drug-likeness (QED) is 0.842. The summed E-state index contributed by atoms with van der Waals surface area (Å²) < 4.78 is 7.18. The lowest BCUT2D eigenvalue weighted by Gasteiger charge is -2.04. The van der Waals surface area contributed by atoms with Crippen LogP contribution in [0.2, 0.25) is 0 Å². The van der Waals surface area contributed by atoms with E-state index in [-0.39, 0.29) is 0 Å². The van der Waals surface area contributed by atoms with Crippen LogP contribution in [0.1, 0.15) is 11.3 Å². The fraction of sp³-hybridized carbons (Fsp3) is 0.250. The van der Waals surface area contributed by atoms with Crippen LogP contribution in [0, 0.1) is 0 Å². The fourth-order valence-electron chi connectivity index (χ4n) is 1.58. The summed E-state index contributed by atoms with van der Waals surface area (Å²) in [5.74, 6) is 0.872. The van der Waals surface area contributed by atoms with Gasteiger partial charge in [0, 0.05) is 19.3 Å². The summed E-state index contributed by atoms with van der Waals surface area (Å²) in [6.07, 6.45) is 3.75. The number of ether oxygens (including phenoxy) is 1. The highest BCUT2D eigenvalue weighted by Gasteiger charge is 1.99. The molecule has 0 radical (unpaired) electrons. The Balaban J connectivity index is 2.13. The number of methoxy groups -OCH3 is 1. The van der Waals surface area contributed by atoms with Gasteiger partial charge in [0.1, 0.15) is 5.75 Å². The molecule has 1 aromatic carbocycles. The molecule has 0 fully saturated rings. The minimum absolute atomic E-state index is 0.477. The van der Waals surface area contributed by atoms with E-state index in [9.17, 15) is 0 Å². The lowest BCUT2D eigenvalue weighted by molar-refractivity contribution is 0.414. The first-order chi connectivity index (χ1) is 7.81. The number of nitrogens with two attached hydrogens (primary N) is 1. The normalized spacial score (nSPS) is 10.4. The van der Waals surface area contributed by atoms with E-state index in [2.05, 4.69) is 11.1 Å². The molecule has 1 heterocycles. The topological polar surface area (TPSA) is 53.1 Å². The molecule has 4 heteroatoms. The summed E-state index contributed by atoms with van der Waals surface area (Å²) in [4.78, 5) is 4.18. The molecule has 2 rings (SSSR count). The zero-order valence-corrected chi connectivity index (χ0v) is 9.26. The van der Waals surface area contributed by atoms with Crippen LogP contribution in [-0.4, -0.2) is 16.7 Å². The monoisotopic (exact) mass is 217 g/mol. The van der Waals surface area contributed by atoms with E-state index >= 15 is 0 Å². The largest absolute Gasteiger partial charge is 0.497 e. The second-order valence-electron chi connectivity index (χ2n) is 3.59. The maximum absolute atomic E-state index is 5.51. The van der Waals surface area contributed by atoms with Crippen molar-refractivity contribution in [2.45, 2.75) is 13.1 Å². The van der Waals surface area contributed by atoms with Crippen LogP contribution in [0.25, 0.3) is 0 Å². The number of hydrogen-bond acceptors (Lipinski definition) is 3. The van der Waals surface area contributed by atoms with Crippen LogP contribution in [0.15, 0.2) is 36.8 Å². The van der Waals surface area contributed by atoms with Gasteiger partial charge in [0.2, 0.25) is 0 Å². The number of nitrogens with zero attached hydrogens (tertiary/aromatic N) is 2. The van der Waals surface area contributed by atoms with Gasteiger partial charge in [0.25, 0.3) is 0 Å². The van der Waals surface area contributed by atoms with Gasteiger partial charge >= 0.3 is 0 Å². The summed E-state index contributed by atoms with van der Waals surface area (Å²) in [5, 5.41) is 0. The highest BCUT2D eigenvalue weighted by molar-refractivity contribution is 5.28. The molecule has 84 valence electrons. The average Bonchev–Trinajstić information content (AvgIpc) is 2.77. The molecule has 0 unspecified atom stereocenters. The van der Waals surface area contributed by atoms with Crippen molar-refractivity contribution >= 4 is 0 Å². The average molecular weight is 217 g/mol. The predicted molar refractivity (Wildman–Crippen MR) is 62.2 cm³/mol. The predicted octanol–water partition coefficient (Wildman–Crippen LogP) is 1.40. The van der Waals surface area contributed by atoms with Gasteiger partial charge in [-0.1, -0.05) is 12.1 Å². The van der Waals surface area contributed by atoms with Crippen LogP contribution in [0.3, 0.4) is 0 Å². The van der Waals surface area contributed by atoms with Gasteiger partial charge < -0.3 is 15.0 Å². The smallest absolute Gasteiger partial charge is 0.119 e. The van der Waals surface area contributed by atoms with Crippen molar-refractivity contribution in [1.29, 1.82) is 0 Å². The van der Waals surface area contributed by atoms with Crippen molar-refractivity contribution in [3.8, 4) is 5.75 Å². The van der Waals surface area contributed by atoms with Crippen molar-refractivity contribution in [1.82, 2.24) is 9.55 Å². The third-order valence-corrected chi connectivity index (χ3v) is 2.40. The molecule has 0 aliphatic rings. The van der Waals surface area contributed by atoms with E-state index in [1.807, 2.05) is 29.0 Å². The molecule has 2 aromatic rings. The van der Waals surface area contributed by atoms with Gasteiger partial charge in [0.15, 0.2) is 0 Å². The number of rotatable bonds is 4. The molecule has 1 aromatic heterocycles. The molecule has 0 saturated carbocycles. The van der Waals surface area contributed by atoms with E-state index in [0.29, 0.717) is 6.54 Å². The third kappa shape index (κ3) is 2.41. The van der Waals surface area contributed by atoms with Crippen LogP contribution in [0.5, 0.6) is 5.75 Å². The Bertz CT molecular complexity index is 465. The second kappa shape index (κ2) is 4.81. The third-order valence-electron chi connectivity index (χ3n) is 2.40. The van der Waals surface area contributed by atoms with E-state index in [0.717, 1.165) is 18.0 Å². The van der Waals surface area contributed by atoms with Gasteiger partial charge in [-0.3, -0.25) is 0 Å². The molecule has 0 bridgehead atoms. The Morgan fingerprint density at radius 2 is 2.31 bits per heavy atom. The first kappa shape index (κ1) is 10.7. The zero-order valence-electron chi connectivity index (χ0n) is 9.26. The SMILES string of the molecule is COc1cccc(Cn2cnc(CN)c2)c1. The summed E-state index contributed by atoms with van der Waals surface area (Å²) in [6, 6.07) is 7.99. The first-order valence-corrected chi connectivity index (χ1v) is 5.15. The fourth-order valence-corrected chi connectivity index (χ4v) is 1.58. The Kier molecular flexibility index (Phi) is 3.22. The van der Waals surface area contributed by atoms with E-state index < -0.39 is 0 Å². The number of hydrogen-bond donors (Lipinski definition) is 1. The number of aromatic nitrogens is 2. The Morgan fingerprint density at radius 3 is 3.00 bits per heavy atom. The lowest BCUT2D eigenvalue weighted by Crippen LogP contribution is -1.98. The van der Waals surface area contributed by atoms with Crippen LogP contribution in [0.4, 0.5) is 0 Å². The zero-order chi connectivity index (χ0) is 11.4. The van der Waals surface area contributed by atoms with E-state index in [1.165, 1.54) is 5.56 Å². The Hall–Kier alpha value is -1.81. The van der Waals surface area contributed by atoms with Gasteiger partial charge in [-0.15, -0.1) is 0 Å². The summed E-state index contributed by atoms with van der Waals surface area (Å²) in [5.41, 5.74) is 7.59. The summed E-state index contributed by atoms with van der Waals surface area (Å²) >= 11 is 0. The Labute approximate surface area is 94.7 Å². The van der Waals surface area contributed by atoms with Crippen molar-refractivity contribution in [2.75, 3.05) is 7.11 Å².